The Hall–Kier alpha value is -8.36. The van der Waals surface area contributed by atoms with Crippen LogP contribution in [0.15, 0.2) is 98.1 Å². The number of benzene rings is 4. The molecule has 0 radical (unpaired) electrons. The first-order valence-electron chi connectivity index (χ1n) is 23.4. The molecule has 2 saturated heterocycles. The second-order valence-electron chi connectivity index (χ2n) is 17.7. The number of nitriles is 2. The first kappa shape index (κ1) is 50.2. The van der Waals surface area contributed by atoms with E-state index in [-0.39, 0.29) is 152 Å². The largest absolute Gasteiger partial charge is 0.381 e. The third kappa shape index (κ3) is 9.02. The van der Waals surface area contributed by atoms with Crippen LogP contribution in [0.5, 0.6) is 0 Å². The van der Waals surface area contributed by atoms with E-state index in [1.54, 1.807) is 46.2 Å². The van der Waals surface area contributed by atoms with E-state index in [2.05, 4.69) is 38.7 Å². The summed E-state index contributed by atoms with van der Waals surface area (Å²) in [5.74, 6) is -3.86. The lowest BCUT2D eigenvalue weighted by Crippen LogP contribution is -2.55. The molecule has 0 N–H and O–H groups in total. The van der Waals surface area contributed by atoms with Gasteiger partial charge in [-0.3, -0.25) is 19.6 Å². The molecule has 2 aliphatic heterocycles. The molecule has 2 amide bonds. The van der Waals surface area contributed by atoms with Crippen molar-refractivity contribution in [2.75, 3.05) is 62.8 Å². The fourth-order valence-electron chi connectivity index (χ4n) is 9.99. The second kappa shape index (κ2) is 20.9. The maximum absolute atomic E-state index is 17.6. The number of ether oxygens (including phenoxy) is 1. The summed E-state index contributed by atoms with van der Waals surface area (Å²) < 4.78 is 71.4. The molecule has 75 heavy (non-hydrogen) atoms. The maximum Gasteiger partial charge on any atom is 0.246 e. The van der Waals surface area contributed by atoms with Gasteiger partial charge in [0, 0.05) is 92.3 Å². The van der Waals surface area contributed by atoms with E-state index >= 15 is 13.2 Å². The summed E-state index contributed by atoms with van der Waals surface area (Å²) in [5, 5.41) is 20.2. The lowest BCUT2D eigenvalue weighted by molar-refractivity contribution is -0.129. The monoisotopic (exact) mass is 1050 g/mol. The van der Waals surface area contributed by atoms with E-state index in [0.717, 1.165) is 12.1 Å². The normalized spacial score (nSPS) is 16.1. The van der Waals surface area contributed by atoms with Crippen molar-refractivity contribution in [1.82, 2.24) is 39.7 Å². The number of carbonyl (C=O) groups is 2. The van der Waals surface area contributed by atoms with Gasteiger partial charge in [0.1, 0.15) is 52.0 Å². The van der Waals surface area contributed by atoms with Crippen molar-refractivity contribution in [3.05, 3.63) is 131 Å². The summed E-state index contributed by atoms with van der Waals surface area (Å²) in [6.07, 6.45) is 8.09. The van der Waals surface area contributed by atoms with Crippen LogP contribution in [0.25, 0.3) is 77.3 Å². The quantitative estimate of drug-likeness (QED) is 0.0883. The molecule has 6 heterocycles. The number of pyridine rings is 2. The lowest BCUT2D eigenvalue weighted by atomic mass is 9.96. The number of carbonyl (C=O) groups excluding carboxylic acids is 2. The van der Waals surface area contributed by atoms with Crippen molar-refractivity contribution < 1.29 is 31.9 Å². The Morgan fingerprint density at radius 2 is 1.33 bits per heavy atom. The number of methoxy groups -OCH3 is 1. The molecule has 15 nitrogen and oxygen atoms in total. The average Bonchev–Trinajstić information content (AvgIpc) is 3.43. The van der Waals surface area contributed by atoms with E-state index in [1.165, 1.54) is 55.0 Å². The number of anilines is 2. The van der Waals surface area contributed by atoms with Crippen molar-refractivity contribution in [1.29, 1.82) is 10.5 Å². The molecule has 2 aliphatic rings. The van der Waals surface area contributed by atoms with E-state index in [1.807, 2.05) is 4.90 Å². The maximum atomic E-state index is 17.6. The number of aromatic nitrogens is 6. The third-order valence-corrected chi connectivity index (χ3v) is 14.2. The Kier molecular flexibility index (Phi) is 14.0. The molecule has 0 aliphatic carbocycles. The highest BCUT2D eigenvalue weighted by Crippen LogP contribution is 2.44. The number of rotatable bonds is 11. The minimum Gasteiger partial charge on any atom is -0.381 e. The molecule has 376 valence electrons. The van der Waals surface area contributed by atoms with Gasteiger partial charge in [-0.2, -0.15) is 10.5 Å². The zero-order chi connectivity index (χ0) is 52.7. The van der Waals surface area contributed by atoms with Crippen LogP contribution >= 0.6 is 23.2 Å². The van der Waals surface area contributed by atoms with Gasteiger partial charge in [0.2, 0.25) is 11.8 Å². The molecular weight excluding hydrogens is 1010 g/mol. The van der Waals surface area contributed by atoms with Crippen LogP contribution < -0.4 is 9.80 Å². The SMILES string of the molecule is C=CC(=O)N1CCN(c2nc(-c3cc(F)c(Cl)c4c(-c5ncc6c(N7CCN(C(=O)/C=C/COC)[C@@H](CC#N)C7)ncnc6c5F)cccc34)nc3c(F)c(-c4cccc5ccc(F)c(Cl)c45)ncc23)C[C@@H]1CC#N. The van der Waals surface area contributed by atoms with Gasteiger partial charge in [-0.05, 0) is 29.0 Å². The standard InChI is InChI=1S/C54H40Cl2F4N12O3/c1-3-40(73)71-20-19-70(27-30(71)14-16-61)54-37-25-64-48(33-9-4-7-29-12-13-38(57)44(55)42(29)33)47(60)51(37)67-52(68-54)35-23-39(58)45(56)43-32(35)8-5-10-34(43)49-46(59)50-36(24-63-49)53(66-28-65-50)69-18-21-72(31(26-69)15-17-62)41(74)11-6-22-75-2/h3-13,23-25,28,30-31H,1,14-15,18-22,26-27H2,2H3/b11-6+/t30-,31-/m0/s1. The predicted molar refractivity (Wildman–Crippen MR) is 276 cm³/mol. The first-order chi connectivity index (χ1) is 36.4. The average molecular weight is 1050 g/mol. The van der Waals surface area contributed by atoms with Gasteiger partial charge < -0.3 is 24.3 Å². The number of halogens is 6. The third-order valence-electron chi connectivity index (χ3n) is 13.5. The molecule has 8 aromatic rings. The minimum absolute atomic E-state index is 0.0214. The van der Waals surface area contributed by atoms with Gasteiger partial charge in [0.05, 0.1) is 64.5 Å². The van der Waals surface area contributed by atoms with Gasteiger partial charge in [-0.15, -0.1) is 0 Å². The van der Waals surface area contributed by atoms with Crippen LogP contribution in [0, 0.1) is 45.9 Å². The highest BCUT2D eigenvalue weighted by Gasteiger charge is 2.34. The zero-order valence-corrected chi connectivity index (χ0v) is 41.3. The van der Waals surface area contributed by atoms with Crippen LogP contribution in [-0.2, 0) is 14.3 Å². The number of hydrogen-bond acceptors (Lipinski definition) is 13. The van der Waals surface area contributed by atoms with E-state index in [0.29, 0.717) is 17.7 Å². The highest BCUT2D eigenvalue weighted by molar-refractivity contribution is 6.38. The summed E-state index contributed by atoms with van der Waals surface area (Å²) in [7, 11) is 1.51. The minimum atomic E-state index is -0.949. The number of amides is 2. The summed E-state index contributed by atoms with van der Waals surface area (Å²) >= 11 is 13.3. The second-order valence-corrected chi connectivity index (χ2v) is 18.5. The Bertz CT molecular complexity index is 3800. The molecule has 0 unspecified atom stereocenters. The number of piperazine rings is 2. The zero-order valence-electron chi connectivity index (χ0n) is 39.7. The summed E-state index contributed by atoms with van der Waals surface area (Å²) in [4.78, 5) is 60.3. The van der Waals surface area contributed by atoms with Crippen molar-refractivity contribution >= 4 is 90.0 Å². The molecule has 0 bridgehead atoms. The van der Waals surface area contributed by atoms with Crippen molar-refractivity contribution in [3.8, 4) is 46.0 Å². The Morgan fingerprint density at radius 1 is 0.720 bits per heavy atom. The highest BCUT2D eigenvalue weighted by atomic mass is 35.5. The molecule has 2 atom stereocenters. The van der Waals surface area contributed by atoms with Gasteiger partial charge >= 0.3 is 0 Å². The summed E-state index contributed by atoms with van der Waals surface area (Å²) in [5.41, 5.74) is -0.554. The Labute approximate surface area is 435 Å². The summed E-state index contributed by atoms with van der Waals surface area (Å²) in [6, 6.07) is 16.5. The van der Waals surface area contributed by atoms with Gasteiger partial charge in [-0.25, -0.2) is 37.5 Å². The fourth-order valence-corrected chi connectivity index (χ4v) is 10.5. The Morgan fingerprint density at radius 3 is 2.00 bits per heavy atom. The molecule has 2 fully saturated rings. The molecular formula is C54H40Cl2F4N12O3. The topological polar surface area (TPSA) is 181 Å². The number of fused-ring (bicyclic) bond motifs is 4. The summed E-state index contributed by atoms with van der Waals surface area (Å²) in [6.45, 7) is 4.97. The lowest BCUT2D eigenvalue weighted by Gasteiger charge is -2.41. The van der Waals surface area contributed by atoms with Gasteiger partial charge in [-0.1, -0.05) is 78.3 Å². The van der Waals surface area contributed by atoms with Crippen LogP contribution in [0.3, 0.4) is 0 Å². The molecule has 0 saturated carbocycles. The van der Waals surface area contributed by atoms with E-state index in [9.17, 15) is 24.5 Å². The number of nitrogens with zero attached hydrogens (tertiary/aromatic N) is 12. The van der Waals surface area contributed by atoms with Crippen LogP contribution in [0.2, 0.25) is 10.0 Å². The Balaban J connectivity index is 1.11. The van der Waals surface area contributed by atoms with Crippen LogP contribution in [0.1, 0.15) is 12.8 Å². The van der Waals surface area contributed by atoms with Crippen LogP contribution in [0.4, 0.5) is 29.2 Å². The first-order valence-corrected chi connectivity index (χ1v) is 24.2. The van der Waals surface area contributed by atoms with E-state index in [4.69, 9.17) is 37.9 Å². The van der Waals surface area contributed by atoms with Gasteiger partial charge in [0.15, 0.2) is 17.5 Å². The number of hydrogen-bond donors (Lipinski definition) is 0. The predicted octanol–water partition coefficient (Wildman–Crippen LogP) is 9.78. The molecule has 10 rings (SSSR count). The molecule has 21 heteroatoms. The molecule has 4 aromatic heterocycles. The van der Waals surface area contributed by atoms with E-state index < -0.39 is 35.4 Å². The smallest absolute Gasteiger partial charge is 0.246 e. The molecule has 0 spiro atoms. The van der Waals surface area contributed by atoms with Crippen LogP contribution in [-0.4, -0.2) is 117 Å². The fraction of sp³-hybridized carbons (Fsp3) is 0.222. The van der Waals surface area contributed by atoms with Crippen molar-refractivity contribution in [2.24, 2.45) is 0 Å². The van der Waals surface area contributed by atoms with Crippen molar-refractivity contribution in [3.63, 3.8) is 0 Å². The van der Waals surface area contributed by atoms with Gasteiger partial charge in [0.25, 0.3) is 0 Å². The van der Waals surface area contributed by atoms with Crippen molar-refractivity contribution in [2.45, 2.75) is 24.9 Å². The molecule has 4 aromatic carbocycles.